The minimum atomic E-state index is -0.0578. The van der Waals surface area contributed by atoms with Crippen molar-refractivity contribution in [2.45, 2.75) is 163 Å². The van der Waals surface area contributed by atoms with Crippen LogP contribution in [0.1, 0.15) is 161 Å². The lowest BCUT2D eigenvalue weighted by Gasteiger charge is -2.47. The minimum absolute atomic E-state index is 0.00769. The number of hydrogen-bond acceptors (Lipinski definition) is 3. The summed E-state index contributed by atoms with van der Waals surface area (Å²) in [4.78, 5) is 7.90. The van der Waals surface area contributed by atoms with Crippen molar-refractivity contribution in [1.29, 1.82) is 0 Å². The lowest BCUT2D eigenvalue weighted by Crippen LogP contribution is -2.61. The molecule has 2 aliphatic carbocycles. The Morgan fingerprint density at radius 1 is 0.408 bits per heavy atom. The zero-order valence-electron chi connectivity index (χ0n) is 45.7. The lowest BCUT2D eigenvalue weighted by molar-refractivity contribution is 0.332. The van der Waals surface area contributed by atoms with Crippen molar-refractivity contribution in [1.82, 2.24) is 0 Å². The number of anilines is 9. The zero-order chi connectivity index (χ0) is 50.5. The molecule has 0 saturated carbocycles. The lowest BCUT2D eigenvalue weighted by atomic mass is 9.33. The van der Waals surface area contributed by atoms with Gasteiger partial charge in [-0.25, -0.2) is 0 Å². The molecule has 11 rings (SSSR count). The normalized spacial score (nSPS) is 17.8. The number of benzene rings is 7. The van der Waals surface area contributed by atoms with Crippen LogP contribution in [0.25, 0.3) is 0 Å². The van der Waals surface area contributed by atoms with E-state index < -0.39 is 0 Å². The van der Waals surface area contributed by atoms with E-state index in [0.717, 1.165) is 29.9 Å². The predicted molar refractivity (Wildman–Crippen MR) is 308 cm³/mol. The largest absolute Gasteiger partial charge is 0.311 e. The second-order valence-corrected chi connectivity index (χ2v) is 26.6. The molecule has 2 heterocycles. The molecule has 4 heteroatoms. The molecule has 0 bridgehead atoms. The first-order valence-corrected chi connectivity index (χ1v) is 26.6. The number of nitrogens with zero attached hydrogens (tertiary/aromatic N) is 3. The van der Waals surface area contributed by atoms with Gasteiger partial charge in [0.05, 0.1) is 5.69 Å². The van der Waals surface area contributed by atoms with E-state index in [4.69, 9.17) is 0 Å². The first kappa shape index (κ1) is 47.3. The Bertz CT molecular complexity index is 3250. The van der Waals surface area contributed by atoms with Crippen molar-refractivity contribution < 1.29 is 0 Å². The van der Waals surface area contributed by atoms with Crippen LogP contribution in [0.4, 0.5) is 51.2 Å². The summed E-state index contributed by atoms with van der Waals surface area (Å²) in [5.74, 6) is 0. The molecule has 0 aromatic heterocycles. The maximum atomic E-state index is 2.74. The minimum Gasteiger partial charge on any atom is -0.311 e. The van der Waals surface area contributed by atoms with E-state index in [-0.39, 0.29) is 39.2 Å². The number of hydrogen-bond donors (Lipinski definition) is 0. The summed E-state index contributed by atoms with van der Waals surface area (Å²) in [6.07, 6.45) is 3.45. The molecule has 2 aliphatic heterocycles. The van der Waals surface area contributed by atoms with Crippen LogP contribution in [0, 0.1) is 13.8 Å². The second kappa shape index (κ2) is 15.8. The molecule has 0 unspecified atom stereocenters. The van der Waals surface area contributed by atoms with Crippen LogP contribution in [0.3, 0.4) is 0 Å². The van der Waals surface area contributed by atoms with Crippen LogP contribution < -0.4 is 31.1 Å². The van der Waals surface area contributed by atoms with Gasteiger partial charge in [-0.3, -0.25) is 0 Å². The summed E-state index contributed by atoms with van der Waals surface area (Å²) < 4.78 is 0. The summed E-state index contributed by atoms with van der Waals surface area (Å²) in [6.45, 7) is 38.6. The molecule has 71 heavy (non-hydrogen) atoms. The Morgan fingerprint density at radius 2 is 0.845 bits per heavy atom. The van der Waals surface area contributed by atoms with Crippen LogP contribution >= 0.6 is 0 Å². The monoisotopic (exact) mass is 934 g/mol. The molecule has 3 nitrogen and oxygen atoms in total. The quantitative estimate of drug-likeness (QED) is 0.159. The number of rotatable bonds is 5. The van der Waals surface area contributed by atoms with Crippen molar-refractivity contribution in [3.8, 4) is 0 Å². The SMILES string of the molecule is Cc1ccc(C(C)(C)C)cc1N1c2cc(C(C)(C)C)ccc2B2c3cc4c(cc3N(c3cc5c(cc3C)C(C)(C)CCC5(C)C)c3cc(N(c5ccccc5)c5ccccc5)cc1c32)C(C)(C)CC4(C)C. The molecule has 7 aromatic carbocycles. The van der Waals surface area contributed by atoms with Crippen molar-refractivity contribution in [2.24, 2.45) is 0 Å². The Labute approximate surface area is 427 Å². The van der Waals surface area contributed by atoms with E-state index in [2.05, 4.69) is 259 Å². The van der Waals surface area contributed by atoms with Gasteiger partial charge in [0.15, 0.2) is 0 Å². The molecule has 0 amide bonds. The summed E-state index contributed by atoms with van der Waals surface area (Å²) in [7, 11) is 0. The topological polar surface area (TPSA) is 9.72 Å². The van der Waals surface area contributed by atoms with Crippen molar-refractivity contribution in [2.75, 3.05) is 14.7 Å². The average molecular weight is 934 g/mol. The maximum Gasteiger partial charge on any atom is 0.252 e. The summed E-state index contributed by atoms with van der Waals surface area (Å²) in [5.41, 5.74) is 26.4. The van der Waals surface area contributed by atoms with Gasteiger partial charge < -0.3 is 14.7 Å². The summed E-state index contributed by atoms with van der Waals surface area (Å²) in [5, 5.41) is 0. The third kappa shape index (κ3) is 7.51. The highest BCUT2D eigenvalue weighted by Crippen LogP contribution is 2.56. The van der Waals surface area contributed by atoms with Crippen LogP contribution in [-0.4, -0.2) is 6.71 Å². The van der Waals surface area contributed by atoms with E-state index in [0.29, 0.717) is 0 Å². The van der Waals surface area contributed by atoms with Gasteiger partial charge in [-0.1, -0.05) is 170 Å². The molecule has 7 aromatic rings. The van der Waals surface area contributed by atoms with E-state index in [9.17, 15) is 0 Å². The third-order valence-corrected chi connectivity index (χ3v) is 17.4. The fourth-order valence-corrected chi connectivity index (χ4v) is 13.4. The summed E-state index contributed by atoms with van der Waals surface area (Å²) >= 11 is 0. The molecule has 0 fully saturated rings. The maximum absolute atomic E-state index is 2.74. The van der Waals surface area contributed by atoms with E-state index >= 15 is 0 Å². The number of aryl methyl sites for hydroxylation is 2. The van der Waals surface area contributed by atoms with Crippen LogP contribution in [-0.2, 0) is 32.5 Å². The molecule has 0 radical (unpaired) electrons. The molecule has 0 N–H and O–H groups in total. The Balaban J connectivity index is 1.33. The smallest absolute Gasteiger partial charge is 0.252 e. The Kier molecular flexibility index (Phi) is 10.5. The molecular weight excluding hydrogens is 858 g/mol. The van der Waals surface area contributed by atoms with Crippen molar-refractivity contribution >= 4 is 74.3 Å². The molecule has 0 atom stereocenters. The van der Waals surface area contributed by atoms with Gasteiger partial charge in [-0.15, -0.1) is 0 Å². The highest BCUT2D eigenvalue weighted by Gasteiger charge is 2.49. The van der Waals surface area contributed by atoms with Crippen molar-refractivity contribution in [3.05, 3.63) is 178 Å². The van der Waals surface area contributed by atoms with Crippen LogP contribution in [0.5, 0.6) is 0 Å². The Morgan fingerprint density at radius 3 is 1.38 bits per heavy atom. The van der Waals surface area contributed by atoms with E-state index in [1.165, 1.54) is 101 Å². The van der Waals surface area contributed by atoms with Gasteiger partial charge in [0.2, 0.25) is 0 Å². The predicted octanol–water partition coefficient (Wildman–Crippen LogP) is 16.8. The van der Waals surface area contributed by atoms with E-state index in [1.54, 1.807) is 0 Å². The fourth-order valence-electron chi connectivity index (χ4n) is 13.4. The third-order valence-electron chi connectivity index (χ3n) is 17.4. The van der Waals surface area contributed by atoms with Gasteiger partial charge in [0.1, 0.15) is 0 Å². The van der Waals surface area contributed by atoms with Crippen molar-refractivity contribution in [3.63, 3.8) is 0 Å². The molecule has 4 aliphatic rings. The summed E-state index contributed by atoms with van der Waals surface area (Å²) in [6, 6.07) is 52.3. The zero-order valence-corrected chi connectivity index (χ0v) is 45.7. The van der Waals surface area contributed by atoms with Crippen LogP contribution in [0.2, 0.25) is 0 Å². The highest BCUT2D eigenvalue weighted by molar-refractivity contribution is 7.00. The molecule has 362 valence electrons. The second-order valence-electron chi connectivity index (χ2n) is 26.6. The van der Waals surface area contributed by atoms with Gasteiger partial charge in [0.25, 0.3) is 6.71 Å². The average Bonchev–Trinajstić information content (AvgIpc) is 3.49. The highest BCUT2D eigenvalue weighted by atomic mass is 15.2. The first-order chi connectivity index (χ1) is 33.3. The molecule has 0 spiro atoms. The van der Waals surface area contributed by atoms with E-state index in [1.807, 2.05) is 0 Å². The Hall–Kier alpha value is -6.00. The van der Waals surface area contributed by atoms with Gasteiger partial charge in [0, 0.05) is 45.5 Å². The molecular formula is C67H76BN3. The first-order valence-electron chi connectivity index (χ1n) is 26.6. The van der Waals surface area contributed by atoms with Gasteiger partial charge in [-0.05, 0) is 187 Å². The standard InChI is InChI=1S/C67H76BN3/c1-42-27-28-44(62(3,4)5)34-55(42)70-57-35-45(63(6,7)8)29-30-53(57)68-54-38-50-52(67(15,16)41-66(50,13)14)40-58(54)71(56-39-51-49(33-43(56)2)64(9,10)31-32-65(51,11)12)60-37-48(36-59(70)61(60)68)69(46-23-19-17-20-24-46)47-25-21-18-22-26-47/h17-30,33-40H,31-32,41H2,1-16H3. The molecule has 0 saturated heterocycles. The van der Waals surface area contributed by atoms with Crippen LogP contribution in [0.15, 0.2) is 133 Å². The fraction of sp³-hybridized carbons (Fsp3) is 0.373. The number of fused-ring (bicyclic) bond motifs is 6. The number of para-hydroxylation sites is 2. The van der Waals surface area contributed by atoms with Gasteiger partial charge in [-0.2, -0.15) is 0 Å². The van der Waals surface area contributed by atoms with Gasteiger partial charge >= 0.3 is 0 Å².